The third kappa shape index (κ3) is 2.42. The molecule has 18 heavy (non-hydrogen) atoms. The van der Waals surface area contributed by atoms with Crippen molar-refractivity contribution in [1.29, 1.82) is 0 Å². The number of rotatable bonds is 2. The zero-order valence-corrected chi connectivity index (χ0v) is 10.7. The molecular weight excluding hydrogens is 226 g/mol. The molecule has 0 spiro atoms. The molecule has 0 aliphatic carbocycles. The van der Waals surface area contributed by atoms with Crippen LogP contribution in [0.1, 0.15) is 0 Å². The fraction of sp³-hybridized carbons (Fsp3) is 0.615. The molecule has 1 aromatic heterocycles. The molecule has 0 unspecified atom stereocenters. The second-order valence-electron chi connectivity index (χ2n) is 4.82. The van der Waals surface area contributed by atoms with E-state index < -0.39 is 0 Å². The van der Waals surface area contributed by atoms with Crippen molar-refractivity contribution in [2.75, 3.05) is 62.2 Å². The minimum atomic E-state index is 1.05. The van der Waals surface area contributed by atoms with Gasteiger partial charge in [-0.2, -0.15) is 0 Å². The van der Waals surface area contributed by atoms with Crippen LogP contribution < -0.4 is 20.4 Å². The Kier molecular flexibility index (Phi) is 3.61. The number of piperazine rings is 2. The summed E-state index contributed by atoms with van der Waals surface area (Å²) in [6.07, 6.45) is 1.91. The van der Waals surface area contributed by atoms with Gasteiger partial charge in [0, 0.05) is 58.6 Å². The smallest absolute Gasteiger partial charge is 0.152 e. The summed E-state index contributed by atoms with van der Waals surface area (Å²) in [6, 6.07) is 4.25. The van der Waals surface area contributed by atoms with Gasteiger partial charge in [0.05, 0.1) is 5.69 Å². The summed E-state index contributed by atoms with van der Waals surface area (Å²) in [5.74, 6) is 1.15. The molecule has 2 aliphatic heterocycles. The van der Waals surface area contributed by atoms with E-state index in [1.54, 1.807) is 0 Å². The summed E-state index contributed by atoms with van der Waals surface area (Å²) in [7, 11) is 0. The predicted octanol–water partition coefficient (Wildman–Crippen LogP) is -0.0992. The van der Waals surface area contributed by atoms with E-state index in [1.807, 2.05) is 12.3 Å². The molecule has 2 saturated heterocycles. The first-order valence-corrected chi connectivity index (χ1v) is 6.81. The number of nitrogens with zero attached hydrogens (tertiary/aromatic N) is 3. The summed E-state index contributed by atoms with van der Waals surface area (Å²) < 4.78 is 0. The lowest BCUT2D eigenvalue weighted by atomic mass is 10.2. The molecule has 2 aliphatic rings. The van der Waals surface area contributed by atoms with Crippen molar-refractivity contribution in [1.82, 2.24) is 15.6 Å². The zero-order chi connectivity index (χ0) is 12.2. The van der Waals surface area contributed by atoms with Crippen molar-refractivity contribution in [3.63, 3.8) is 0 Å². The van der Waals surface area contributed by atoms with E-state index in [0.717, 1.165) is 58.2 Å². The Labute approximate surface area is 108 Å². The Bertz CT molecular complexity index is 346. The minimum absolute atomic E-state index is 1.05. The van der Waals surface area contributed by atoms with Crippen LogP contribution in [0.3, 0.4) is 0 Å². The number of aromatic nitrogens is 1. The molecule has 0 saturated carbocycles. The van der Waals surface area contributed by atoms with Gasteiger partial charge in [-0.15, -0.1) is 0 Å². The van der Waals surface area contributed by atoms with E-state index in [2.05, 4.69) is 31.5 Å². The molecule has 0 bridgehead atoms. The van der Waals surface area contributed by atoms with Crippen molar-refractivity contribution >= 4 is 11.5 Å². The van der Waals surface area contributed by atoms with Gasteiger partial charge >= 0.3 is 0 Å². The molecule has 0 amide bonds. The molecule has 0 atom stereocenters. The Morgan fingerprint density at radius 2 is 1.50 bits per heavy atom. The number of hydrogen-bond acceptors (Lipinski definition) is 5. The van der Waals surface area contributed by atoms with Crippen LogP contribution in [0.15, 0.2) is 18.3 Å². The monoisotopic (exact) mass is 247 g/mol. The van der Waals surface area contributed by atoms with Crippen LogP contribution in [-0.2, 0) is 0 Å². The van der Waals surface area contributed by atoms with Crippen molar-refractivity contribution in [2.45, 2.75) is 0 Å². The normalized spacial score (nSPS) is 21.1. The number of nitrogens with one attached hydrogen (secondary N) is 2. The van der Waals surface area contributed by atoms with E-state index >= 15 is 0 Å². The van der Waals surface area contributed by atoms with Gasteiger partial charge in [0.1, 0.15) is 0 Å². The minimum Gasteiger partial charge on any atom is -0.366 e. The van der Waals surface area contributed by atoms with Crippen LogP contribution in [0.2, 0.25) is 0 Å². The maximum absolute atomic E-state index is 4.61. The topological polar surface area (TPSA) is 43.4 Å². The summed E-state index contributed by atoms with van der Waals surface area (Å²) in [5.41, 5.74) is 1.29. The third-order valence-corrected chi connectivity index (χ3v) is 3.64. The van der Waals surface area contributed by atoms with Gasteiger partial charge in [-0.25, -0.2) is 4.98 Å². The van der Waals surface area contributed by atoms with Gasteiger partial charge in [0.2, 0.25) is 0 Å². The lowest BCUT2D eigenvalue weighted by Gasteiger charge is -2.35. The Balaban J connectivity index is 1.83. The molecule has 2 N–H and O–H groups in total. The number of pyridine rings is 1. The quantitative estimate of drug-likeness (QED) is 0.764. The molecule has 1 aromatic rings. The highest BCUT2D eigenvalue weighted by molar-refractivity contribution is 5.67. The lowest BCUT2D eigenvalue weighted by molar-refractivity contribution is 0.574. The third-order valence-electron chi connectivity index (χ3n) is 3.64. The highest BCUT2D eigenvalue weighted by Crippen LogP contribution is 2.27. The zero-order valence-electron chi connectivity index (χ0n) is 10.7. The molecule has 5 heteroatoms. The molecule has 2 fully saturated rings. The van der Waals surface area contributed by atoms with E-state index in [1.165, 1.54) is 5.69 Å². The fourth-order valence-electron chi connectivity index (χ4n) is 2.66. The highest BCUT2D eigenvalue weighted by atomic mass is 15.3. The fourth-order valence-corrected chi connectivity index (χ4v) is 2.66. The summed E-state index contributed by atoms with van der Waals surface area (Å²) >= 11 is 0. The summed E-state index contributed by atoms with van der Waals surface area (Å²) in [6.45, 7) is 8.49. The highest BCUT2D eigenvalue weighted by Gasteiger charge is 2.19. The van der Waals surface area contributed by atoms with Gasteiger partial charge in [0.25, 0.3) is 0 Å². The van der Waals surface area contributed by atoms with Crippen molar-refractivity contribution in [2.24, 2.45) is 0 Å². The largest absolute Gasteiger partial charge is 0.366 e. The van der Waals surface area contributed by atoms with Crippen molar-refractivity contribution in [3.8, 4) is 0 Å². The maximum Gasteiger partial charge on any atom is 0.152 e. The van der Waals surface area contributed by atoms with Gasteiger partial charge in [-0.05, 0) is 12.1 Å². The Morgan fingerprint density at radius 3 is 2.17 bits per heavy atom. The molecule has 0 radical (unpaired) electrons. The average Bonchev–Trinajstić information content (AvgIpc) is 2.49. The first kappa shape index (κ1) is 11.7. The van der Waals surface area contributed by atoms with Crippen molar-refractivity contribution < 1.29 is 0 Å². The van der Waals surface area contributed by atoms with E-state index in [-0.39, 0.29) is 0 Å². The van der Waals surface area contributed by atoms with E-state index in [4.69, 9.17) is 0 Å². The van der Waals surface area contributed by atoms with Crippen LogP contribution >= 0.6 is 0 Å². The summed E-state index contributed by atoms with van der Waals surface area (Å²) in [4.78, 5) is 9.46. The molecule has 3 rings (SSSR count). The number of hydrogen-bond donors (Lipinski definition) is 2. The van der Waals surface area contributed by atoms with E-state index in [0.29, 0.717) is 0 Å². The van der Waals surface area contributed by atoms with Gasteiger partial charge in [-0.1, -0.05) is 0 Å². The Morgan fingerprint density at radius 1 is 0.889 bits per heavy atom. The van der Waals surface area contributed by atoms with Gasteiger partial charge < -0.3 is 20.4 Å². The second-order valence-corrected chi connectivity index (χ2v) is 4.82. The SMILES string of the molecule is c1cnc(N2CCNCC2)c(N2CCNCC2)c1. The van der Waals surface area contributed by atoms with Gasteiger partial charge in [-0.3, -0.25) is 0 Å². The van der Waals surface area contributed by atoms with Crippen LogP contribution in [-0.4, -0.2) is 57.3 Å². The first-order valence-electron chi connectivity index (χ1n) is 6.81. The Hall–Kier alpha value is -1.33. The van der Waals surface area contributed by atoms with Crippen LogP contribution in [0.25, 0.3) is 0 Å². The van der Waals surface area contributed by atoms with Crippen LogP contribution in [0.5, 0.6) is 0 Å². The first-order chi connectivity index (χ1) is 8.95. The second kappa shape index (κ2) is 5.54. The molecular formula is C13H21N5. The molecule has 0 aromatic carbocycles. The molecule has 3 heterocycles. The average molecular weight is 247 g/mol. The van der Waals surface area contributed by atoms with E-state index in [9.17, 15) is 0 Å². The number of anilines is 2. The molecule has 5 nitrogen and oxygen atoms in total. The summed E-state index contributed by atoms with van der Waals surface area (Å²) in [5, 5.41) is 6.79. The van der Waals surface area contributed by atoms with Gasteiger partial charge in [0.15, 0.2) is 5.82 Å². The maximum atomic E-state index is 4.61. The van der Waals surface area contributed by atoms with Crippen LogP contribution in [0.4, 0.5) is 11.5 Å². The lowest BCUT2D eigenvalue weighted by Crippen LogP contribution is -2.46. The molecule has 98 valence electrons. The predicted molar refractivity (Wildman–Crippen MR) is 74.4 cm³/mol. The standard InChI is InChI=1S/C13H21N5/c1-2-12(17-8-4-14-5-9-17)13(16-3-1)18-10-6-15-7-11-18/h1-3,14-15H,4-11H2. The van der Waals surface area contributed by atoms with Crippen molar-refractivity contribution in [3.05, 3.63) is 18.3 Å². The van der Waals surface area contributed by atoms with Crippen LogP contribution in [0, 0.1) is 0 Å².